The highest BCUT2D eigenvalue weighted by atomic mass is 16.1. The quantitative estimate of drug-likeness (QED) is 0.431. The number of anilines is 2. The fourth-order valence-corrected chi connectivity index (χ4v) is 4.66. The van der Waals surface area contributed by atoms with E-state index in [0.717, 1.165) is 60.4 Å². The van der Waals surface area contributed by atoms with Crippen molar-refractivity contribution in [3.8, 4) is 17.2 Å². The summed E-state index contributed by atoms with van der Waals surface area (Å²) < 4.78 is 3.74. The van der Waals surface area contributed by atoms with Gasteiger partial charge in [0, 0.05) is 43.2 Å². The third kappa shape index (κ3) is 4.38. The van der Waals surface area contributed by atoms with Gasteiger partial charge < -0.3 is 10.2 Å². The Morgan fingerprint density at radius 2 is 2.03 bits per heavy atom. The van der Waals surface area contributed by atoms with Gasteiger partial charge in [-0.3, -0.25) is 9.48 Å². The molecule has 1 aliphatic heterocycles. The monoisotopic (exact) mass is 466 g/mol. The molecule has 0 aliphatic carbocycles. The third-order valence-electron chi connectivity index (χ3n) is 6.54. The zero-order chi connectivity index (χ0) is 24.4. The molecule has 1 N–H and O–H groups in total. The maximum atomic E-state index is 11.5. The van der Waals surface area contributed by atoms with Crippen LogP contribution in [0.1, 0.15) is 36.8 Å². The first-order chi connectivity index (χ1) is 17.1. The predicted molar refractivity (Wildman–Crippen MR) is 134 cm³/mol. The molecule has 1 fully saturated rings. The second-order valence-electron chi connectivity index (χ2n) is 8.59. The van der Waals surface area contributed by atoms with E-state index in [2.05, 4.69) is 51.0 Å². The van der Waals surface area contributed by atoms with E-state index < -0.39 is 0 Å². The number of nitrogens with one attached hydrogen (secondary N) is 1. The second kappa shape index (κ2) is 9.43. The largest absolute Gasteiger partial charge is 0.370 e. The minimum absolute atomic E-state index is 0.279. The van der Waals surface area contributed by atoms with Crippen molar-refractivity contribution in [2.75, 3.05) is 23.3 Å². The highest BCUT2D eigenvalue weighted by Crippen LogP contribution is 2.36. The Kier molecular flexibility index (Phi) is 6.02. The van der Waals surface area contributed by atoms with Crippen molar-refractivity contribution in [3.05, 3.63) is 73.0 Å². The SMILES string of the molecule is C=CC(=O)Nc1ccc(N2CCC(c3cc(-c4cnn(CC)c4)cn4ncc(C#N)c34)CC2)cn1. The second-order valence-corrected chi connectivity index (χ2v) is 8.59. The number of nitrogens with zero attached hydrogens (tertiary/aromatic N) is 7. The standard InChI is InChI=1S/C26H26N8O/c1-3-25(35)31-24-6-5-22(15-28-24)32-9-7-18(8-10-32)23-11-19(21-14-29-33(4-2)16-21)17-34-26(23)20(12-27)13-30-34/h3,5-6,11,13-18H,1,4,7-10H2,2H3,(H,28,31,35). The molecule has 4 aromatic rings. The Morgan fingerprint density at radius 1 is 1.20 bits per heavy atom. The molecule has 9 nitrogen and oxygen atoms in total. The number of nitriles is 1. The number of piperidine rings is 1. The van der Waals surface area contributed by atoms with Gasteiger partial charge in [-0.2, -0.15) is 15.5 Å². The van der Waals surface area contributed by atoms with E-state index in [9.17, 15) is 10.1 Å². The molecule has 0 bridgehead atoms. The summed E-state index contributed by atoms with van der Waals surface area (Å²) in [6.45, 7) is 8.06. The molecule has 5 rings (SSSR count). The van der Waals surface area contributed by atoms with Crippen LogP contribution in [0.15, 0.2) is 61.8 Å². The lowest BCUT2D eigenvalue weighted by atomic mass is 9.87. The van der Waals surface area contributed by atoms with Crippen molar-refractivity contribution in [1.82, 2.24) is 24.4 Å². The average molecular weight is 467 g/mol. The van der Waals surface area contributed by atoms with Crippen LogP contribution in [0.25, 0.3) is 16.6 Å². The average Bonchev–Trinajstić information content (AvgIpc) is 3.56. The van der Waals surface area contributed by atoms with Crippen LogP contribution in [0.3, 0.4) is 0 Å². The minimum atomic E-state index is -0.279. The zero-order valence-corrected chi connectivity index (χ0v) is 19.6. The Bertz CT molecular complexity index is 1420. The van der Waals surface area contributed by atoms with E-state index in [-0.39, 0.29) is 5.91 Å². The van der Waals surface area contributed by atoms with Gasteiger partial charge in [0.15, 0.2) is 0 Å². The lowest BCUT2D eigenvalue weighted by Crippen LogP contribution is -2.33. The van der Waals surface area contributed by atoms with E-state index in [4.69, 9.17) is 0 Å². The van der Waals surface area contributed by atoms with Gasteiger partial charge in [0.25, 0.3) is 0 Å². The molecule has 0 unspecified atom stereocenters. The summed E-state index contributed by atoms with van der Waals surface area (Å²) in [7, 11) is 0. The smallest absolute Gasteiger partial charge is 0.248 e. The highest BCUT2D eigenvalue weighted by molar-refractivity contribution is 5.98. The summed E-state index contributed by atoms with van der Waals surface area (Å²) in [5, 5.41) is 21.2. The number of fused-ring (bicyclic) bond motifs is 1. The van der Waals surface area contributed by atoms with E-state index in [1.54, 1.807) is 18.5 Å². The van der Waals surface area contributed by atoms with Crippen LogP contribution in [0.2, 0.25) is 0 Å². The number of amides is 1. The Labute approximate surface area is 203 Å². The summed E-state index contributed by atoms with van der Waals surface area (Å²) in [4.78, 5) is 18.1. The molecule has 4 aromatic heterocycles. The number of hydrogen-bond acceptors (Lipinski definition) is 6. The first kappa shape index (κ1) is 22.3. The topological polar surface area (TPSA) is 104 Å². The Hall–Kier alpha value is -4.45. The molecule has 0 radical (unpaired) electrons. The molecule has 1 saturated heterocycles. The zero-order valence-electron chi connectivity index (χ0n) is 19.6. The third-order valence-corrected chi connectivity index (χ3v) is 6.54. The number of aryl methyl sites for hydroxylation is 1. The molecule has 1 aliphatic rings. The van der Waals surface area contributed by atoms with Gasteiger partial charge in [0.05, 0.1) is 35.4 Å². The molecule has 0 atom stereocenters. The maximum Gasteiger partial charge on any atom is 0.248 e. The van der Waals surface area contributed by atoms with Crippen molar-refractivity contribution in [1.29, 1.82) is 5.26 Å². The lowest BCUT2D eigenvalue weighted by molar-refractivity contribution is -0.111. The van der Waals surface area contributed by atoms with Crippen LogP contribution in [-0.2, 0) is 11.3 Å². The van der Waals surface area contributed by atoms with Crippen LogP contribution >= 0.6 is 0 Å². The maximum absolute atomic E-state index is 11.5. The van der Waals surface area contributed by atoms with Gasteiger partial charge in [-0.1, -0.05) is 6.58 Å². The van der Waals surface area contributed by atoms with E-state index in [0.29, 0.717) is 17.3 Å². The number of aromatic nitrogens is 5. The van der Waals surface area contributed by atoms with Crippen LogP contribution < -0.4 is 10.2 Å². The number of rotatable bonds is 6. The molecule has 35 heavy (non-hydrogen) atoms. The van der Waals surface area contributed by atoms with Gasteiger partial charge in [0.1, 0.15) is 11.9 Å². The fraction of sp³-hybridized carbons (Fsp3) is 0.269. The lowest BCUT2D eigenvalue weighted by Gasteiger charge is -2.34. The summed E-state index contributed by atoms with van der Waals surface area (Å²) in [5.74, 6) is 0.528. The van der Waals surface area contributed by atoms with Crippen molar-refractivity contribution in [2.45, 2.75) is 32.2 Å². The van der Waals surface area contributed by atoms with E-state index in [1.807, 2.05) is 33.9 Å². The van der Waals surface area contributed by atoms with Crippen molar-refractivity contribution in [3.63, 3.8) is 0 Å². The summed E-state index contributed by atoms with van der Waals surface area (Å²) in [5.41, 5.74) is 5.75. The number of hydrogen-bond donors (Lipinski definition) is 1. The van der Waals surface area contributed by atoms with Crippen molar-refractivity contribution in [2.24, 2.45) is 0 Å². The molecule has 9 heteroatoms. The first-order valence-corrected chi connectivity index (χ1v) is 11.7. The van der Waals surface area contributed by atoms with Gasteiger partial charge in [-0.25, -0.2) is 9.50 Å². The summed E-state index contributed by atoms with van der Waals surface area (Å²) in [6.07, 6.45) is 12.4. The molecular formula is C26H26N8O. The number of carbonyl (C=O) groups excluding carboxylic acids is 1. The fourth-order valence-electron chi connectivity index (χ4n) is 4.66. The van der Waals surface area contributed by atoms with Crippen molar-refractivity contribution >= 4 is 22.9 Å². The van der Waals surface area contributed by atoms with Gasteiger partial charge in [0.2, 0.25) is 5.91 Å². The molecular weight excluding hydrogens is 440 g/mol. The minimum Gasteiger partial charge on any atom is -0.370 e. The molecule has 0 aromatic carbocycles. The molecule has 176 valence electrons. The normalized spacial score (nSPS) is 14.1. The molecule has 0 saturated carbocycles. The van der Waals surface area contributed by atoms with Crippen molar-refractivity contribution < 1.29 is 4.79 Å². The van der Waals surface area contributed by atoms with Crippen LogP contribution in [0.5, 0.6) is 0 Å². The number of pyridine rings is 2. The van der Waals surface area contributed by atoms with Gasteiger partial charge >= 0.3 is 0 Å². The predicted octanol–water partition coefficient (Wildman–Crippen LogP) is 3.99. The van der Waals surface area contributed by atoms with E-state index >= 15 is 0 Å². The van der Waals surface area contributed by atoms with Crippen LogP contribution in [0.4, 0.5) is 11.5 Å². The Morgan fingerprint density at radius 3 is 2.69 bits per heavy atom. The first-order valence-electron chi connectivity index (χ1n) is 11.7. The van der Waals surface area contributed by atoms with Gasteiger partial charge in [-0.05, 0) is 55.5 Å². The molecule has 1 amide bonds. The van der Waals surface area contributed by atoms with Crippen LogP contribution in [-0.4, -0.2) is 43.4 Å². The number of carbonyl (C=O) groups is 1. The summed E-state index contributed by atoms with van der Waals surface area (Å²) >= 11 is 0. The highest BCUT2D eigenvalue weighted by Gasteiger charge is 2.25. The van der Waals surface area contributed by atoms with Crippen LogP contribution in [0, 0.1) is 11.3 Å². The van der Waals surface area contributed by atoms with Gasteiger partial charge in [-0.15, -0.1) is 0 Å². The summed E-state index contributed by atoms with van der Waals surface area (Å²) in [6, 6.07) is 8.28. The van der Waals surface area contributed by atoms with E-state index in [1.165, 1.54) is 6.08 Å². The Balaban J connectivity index is 1.39. The molecule has 5 heterocycles. The molecule has 0 spiro atoms.